The Morgan fingerprint density at radius 2 is 1.28 bits per heavy atom. The van der Waals surface area contributed by atoms with Gasteiger partial charge < -0.3 is 27.3 Å². The molecule has 2 N–H and O–H groups in total. The van der Waals surface area contributed by atoms with Crippen LogP contribution in [-0.2, 0) is 0 Å². The van der Waals surface area contributed by atoms with Crippen molar-refractivity contribution in [2.45, 2.75) is 31.8 Å². The molecule has 1 unspecified atom stereocenters. The third kappa shape index (κ3) is 6.03. The van der Waals surface area contributed by atoms with Crippen molar-refractivity contribution in [1.82, 2.24) is 0 Å². The molecule has 1 heterocycles. The van der Waals surface area contributed by atoms with E-state index in [2.05, 4.69) is 53.4 Å². The Morgan fingerprint density at radius 3 is 1.76 bits per heavy atom. The summed E-state index contributed by atoms with van der Waals surface area (Å²) in [5.74, 6) is 0. The molecular weight excluding hydrogens is 332 g/mol. The number of hydrogen-bond donors (Lipinski definition) is 2. The van der Waals surface area contributed by atoms with Crippen molar-refractivity contribution in [2.75, 3.05) is 31.1 Å². The van der Waals surface area contributed by atoms with Crippen LogP contribution >= 0.6 is 0 Å². The zero-order valence-corrected chi connectivity index (χ0v) is 15.5. The second-order valence-electron chi connectivity index (χ2n) is 6.80. The summed E-state index contributed by atoms with van der Waals surface area (Å²) >= 11 is 0. The molecule has 2 aromatic carbocycles. The highest BCUT2D eigenvalue weighted by Crippen LogP contribution is 2.24. The summed E-state index contributed by atoms with van der Waals surface area (Å²) in [5.41, 5.74) is 2.27. The number of halogens is 1. The summed E-state index contributed by atoms with van der Waals surface area (Å²) in [7, 11) is 0. The van der Waals surface area contributed by atoms with Gasteiger partial charge in [-0.2, -0.15) is 0 Å². The Kier molecular flexibility index (Phi) is 8.26. The van der Waals surface area contributed by atoms with Gasteiger partial charge in [0.15, 0.2) is 0 Å². The van der Waals surface area contributed by atoms with Gasteiger partial charge in [0.1, 0.15) is 12.6 Å². The monoisotopic (exact) mass is 360 g/mol. The molecule has 136 valence electrons. The van der Waals surface area contributed by atoms with E-state index in [0.29, 0.717) is 6.54 Å². The van der Waals surface area contributed by atoms with Gasteiger partial charge in [0.25, 0.3) is 0 Å². The first kappa shape index (κ1) is 19.8. The number of nitrogens with one attached hydrogen (secondary N) is 1. The van der Waals surface area contributed by atoms with Crippen LogP contribution < -0.4 is 22.2 Å². The van der Waals surface area contributed by atoms with E-state index in [4.69, 9.17) is 0 Å². The molecule has 0 bridgehead atoms. The van der Waals surface area contributed by atoms with Crippen LogP contribution in [-0.4, -0.2) is 37.4 Å². The summed E-state index contributed by atoms with van der Waals surface area (Å²) in [6.45, 7) is 3.88. The highest BCUT2D eigenvalue weighted by molar-refractivity contribution is 5.62. The smallest absolute Gasteiger partial charge is 0.121 e. The summed E-state index contributed by atoms with van der Waals surface area (Å²) in [5, 5.41) is 10.7. The van der Waals surface area contributed by atoms with Crippen LogP contribution in [0.3, 0.4) is 0 Å². The Hall–Kier alpha value is -1.55. The van der Waals surface area contributed by atoms with Crippen molar-refractivity contribution in [3.05, 3.63) is 60.7 Å². The van der Waals surface area contributed by atoms with Crippen molar-refractivity contribution in [1.29, 1.82) is 0 Å². The van der Waals surface area contributed by atoms with Crippen LogP contribution in [0.15, 0.2) is 60.7 Å². The number of hydrogen-bond acceptors (Lipinski definition) is 2. The van der Waals surface area contributed by atoms with Crippen molar-refractivity contribution >= 4 is 11.4 Å². The van der Waals surface area contributed by atoms with Crippen molar-refractivity contribution in [3.8, 4) is 0 Å². The van der Waals surface area contributed by atoms with E-state index in [-0.39, 0.29) is 18.5 Å². The molecule has 1 saturated heterocycles. The van der Waals surface area contributed by atoms with Crippen LogP contribution in [0.2, 0.25) is 0 Å². The average Bonchev–Trinajstić information content (AvgIpc) is 2.90. The Balaban J connectivity index is 0.00000225. The molecule has 0 aromatic heterocycles. The van der Waals surface area contributed by atoms with Crippen LogP contribution in [0.4, 0.5) is 11.4 Å². The third-order valence-corrected chi connectivity index (χ3v) is 4.86. The number of likely N-dealkylation sites (tertiary alicyclic amines) is 1. The maximum absolute atomic E-state index is 10.7. The number of aliphatic hydroxyl groups is 1. The van der Waals surface area contributed by atoms with Gasteiger partial charge in [0.2, 0.25) is 0 Å². The number of quaternary nitrogens is 1. The van der Waals surface area contributed by atoms with Crippen LogP contribution in [0.5, 0.6) is 0 Å². The fourth-order valence-corrected chi connectivity index (χ4v) is 3.62. The lowest BCUT2D eigenvalue weighted by molar-refractivity contribution is -0.902. The second-order valence-corrected chi connectivity index (χ2v) is 6.80. The molecule has 4 heteroatoms. The lowest BCUT2D eigenvalue weighted by atomic mass is 10.2. The van der Waals surface area contributed by atoms with Gasteiger partial charge in [-0.25, -0.2) is 0 Å². The van der Waals surface area contributed by atoms with Crippen molar-refractivity contribution < 1.29 is 22.4 Å². The fraction of sp³-hybridized carbons (Fsp3) is 0.429. The summed E-state index contributed by atoms with van der Waals surface area (Å²) < 4.78 is 0. The first-order valence-corrected chi connectivity index (χ1v) is 9.22. The molecule has 1 fully saturated rings. The van der Waals surface area contributed by atoms with Crippen molar-refractivity contribution in [3.63, 3.8) is 0 Å². The molecule has 2 aromatic rings. The van der Waals surface area contributed by atoms with Gasteiger partial charge >= 0.3 is 0 Å². The van der Waals surface area contributed by atoms with E-state index in [9.17, 15) is 5.11 Å². The standard InChI is InChI=1S/C21H28N2O.ClH/c24-21(17-22-15-9-1-2-10-16-22)18-23(19-11-5-3-6-12-19)20-13-7-4-8-14-20;/h3-8,11-14,21,24H,1-2,9-10,15-18H2;1H. The highest BCUT2D eigenvalue weighted by atomic mass is 35.5. The summed E-state index contributed by atoms with van der Waals surface area (Å²) in [4.78, 5) is 3.78. The molecule has 1 aliphatic rings. The largest absolute Gasteiger partial charge is 1.00 e. The van der Waals surface area contributed by atoms with Gasteiger partial charge in [0, 0.05) is 11.4 Å². The average molecular weight is 361 g/mol. The van der Waals surface area contributed by atoms with Gasteiger partial charge in [-0.3, -0.25) is 0 Å². The van der Waals surface area contributed by atoms with Gasteiger partial charge in [0.05, 0.1) is 19.6 Å². The lowest BCUT2D eigenvalue weighted by Gasteiger charge is -2.29. The zero-order chi connectivity index (χ0) is 16.6. The first-order valence-electron chi connectivity index (χ1n) is 9.22. The molecule has 0 radical (unpaired) electrons. The van der Waals surface area contributed by atoms with Gasteiger partial charge in [-0.1, -0.05) is 36.4 Å². The zero-order valence-electron chi connectivity index (χ0n) is 14.8. The maximum Gasteiger partial charge on any atom is 0.121 e. The fourth-order valence-electron chi connectivity index (χ4n) is 3.62. The SMILES string of the molecule is OC(CN(c1ccccc1)c1ccccc1)C[NH+]1CCCCCC1.[Cl-]. The quantitative estimate of drug-likeness (QED) is 0.737. The van der Waals surface area contributed by atoms with E-state index < -0.39 is 0 Å². The lowest BCUT2D eigenvalue weighted by Crippen LogP contribution is -3.13. The molecule has 0 amide bonds. The van der Waals surface area contributed by atoms with Crippen molar-refractivity contribution in [2.24, 2.45) is 0 Å². The van der Waals surface area contributed by atoms with Crippen LogP contribution in [0.25, 0.3) is 0 Å². The highest BCUT2D eigenvalue weighted by Gasteiger charge is 2.20. The number of nitrogens with zero attached hydrogens (tertiary/aromatic N) is 1. The maximum atomic E-state index is 10.7. The minimum absolute atomic E-state index is 0. The Morgan fingerprint density at radius 1 is 0.800 bits per heavy atom. The molecule has 0 saturated carbocycles. The normalized spacial score (nSPS) is 16.5. The first-order chi connectivity index (χ1) is 11.8. The molecule has 25 heavy (non-hydrogen) atoms. The summed E-state index contributed by atoms with van der Waals surface area (Å²) in [6, 6.07) is 20.7. The topological polar surface area (TPSA) is 27.9 Å². The van der Waals surface area contributed by atoms with E-state index >= 15 is 0 Å². The minimum atomic E-state index is -0.321. The predicted molar refractivity (Wildman–Crippen MR) is 99.9 cm³/mol. The van der Waals surface area contributed by atoms with E-state index in [1.54, 1.807) is 4.90 Å². The number of aliphatic hydroxyl groups excluding tert-OH is 1. The van der Waals surface area contributed by atoms with Gasteiger partial charge in [-0.15, -0.1) is 0 Å². The number of para-hydroxylation sites is 2. The second kappa shape index (κ2) is 10.4. The molecule has 1 aliphatic heterocycles. The van der Waals surface area contributed by atoms with Crippen LogP contribution in [0, 0.1) is 0 Å². The van der Waals surface area contributed by atoms with E-state index in [0.717, 1.165) is 17.9 Å². The van der Waals surface area contributed by atoms with Gasteiger partial charge in [-0.05, 0) is 49.9 Å². The molecule has 0 spiro atoms. The molecule has 3 nitrogen and oxygen atoms in total. The number of anilines is 2. The molecule has 3 rings (SSSR count). The Labute approximate surface area is 157 Å². The minimum Gasteiger partial charge on any atom is -1.00 e. The summed E-state index contributed by atoms with van der Waals surface area (Å²) in [6.07, 6.45) is 4.96. The van der Waals surface area contributed by atoms with E-state index in [1.807, 2.05) is 12.1 Å². The molecule has 0 aliphatic carbocycles. The van der Waals surface area contributed by atoms with E-state index in [1.165, 1.54) is 38.8 Å². The molecule has 1 atom stereocenters. The van der Waals surface area contributed by atoms with Crippen LogP contribution in [0.1, 0.15) is 25.7 Å². The molecular formula is C21H29ClN2O. The predicted octanol–water partition coefficient (Wildman–Crippen LogP) is -0.351. The third-order valence-electron chi connectivity index (χ3n) is 4.86. The number of rotatable bonds is 6. The Bertz CT molecular complexity index is 546. The number of benzene rings is 2.